The summed E-state index contributed by atoms with van der Waals surface area (Å²) < 4.78 is 5.33. The van der Waals surface area contributed by atoms with E-state index in [4.69, 9.17) is 9.84 Å². The largest absolute Gasteiger partial charge is 0.458 e. The van der Waals surface area contributed by atoms with Crippen LogP contribution in [0.15, 0.2) is 23.8 Å². The molecule has 2 aliphatic carbocycles. The molecule has 3 unspecified atom stereocenters. The van der Waals surface area contributed by atoms with Gasteiger partial charge in [0.2, 0.25) is 0 Å². The van der Waals surface area contributed by atoms with E-state index in [2.05, 4.69) is 12.7 Å². The summed E-state index contributed by atoms with van der Waals surface area (Å²) in [5.41, 5.74) is 1.56. The van der Waals surface area contributed by atoms with Gasteiger partial charge in [-0.25, -0.2) is 4.79 Å². The molecule has 0 saturated heterocycles. The van der Waals surface area contributed by atoms with Gasteiger partial charge in [-0.15, -0.1) is 0 Å². The maximum absolute atomic E-state index is 11.3. The first-order valence-electron chi connectivity index (χ1n) is 5.29. The van der Waals surface area contributed by atoms with Crippen LogP contribution < -0.4 is 0 Å². The van der Waals surface area contributed by atoms with E-state index in [1.165, 1.54) is 0 Å². The number of carbonyl (C=O) groups is 1. The molecule has 3 atom stereocenters. The summed E-state index contributed by atoms with van der Waals surface area (Å²) in [5.74, 6) is 0.426. The molecule has 0 aromatic heterocycles. The highest BCUT2D eigenvalue weighted by molar-refractivity contribution is 5.87. The lowest BCUT2D eigenvalue weighted by Gasteiger charge is -2.21. The zero-order chi connectivity index (χ0) is 11.0. The van der Waals surface area contributed by atoms with E-state index in [9.17, 15) is 4.79 Å². The van der Waals surface area contributed by atoms with Crippen LogP contribution >= 0.6 is 0 Å². The predicted octanol–water partition coefficient (Wildman–Crippen LogP) is 1.43. The number of aliphatic hydroxyl groups excluding tert-OH is 1. The summed E-state index contributed by atoms with van der Waals surface area (Å²) in [6, 6.07) is 0. The fraction of sp³-hybridized carbons (Fsp3) is 0.583. The van der Waals surface area contributed by atoms with Crippen molar-refractivity contribution < 1.29 is 14.6 Å². The number of ether oxygens (including phenoxy) is 1. The summed E-state index contributed by atoms with van der Waals surface area (Å²) in [4.78, 5) is 11.3. The second-order valence-corrected chi connectivity index (χ2v) is 4.46. The van der Waals surface area contributed by atoms with Crippen molar-refractivity contribution in [3.05, 3.63) is 23.8 Å². The predicted molar refractivity (Wildman–Crippen MR) is 56.1 cm³/mol. The topological polar surface area (TPSA) is 46.5 Å². The number of esters is 1. The monoisotopic (exact) mass is 208 g/mol. The minimum absolute atomic E-state index is 0.00509. The van der Waals surface area contributed by atoms with E-state index in [1.807, 2.05) is 0 Å². The lowest BCUT2D eigenvalue weighted by atomic mass is 9.97. The number of aliphatic hydroxyl groups is 1. The van der Waals surface area contributed by atoms with E-state index in [1.54, 1.807) is 6.92 Å². The lowest BCUT2D eigenvalue weighted by Crippen LogP contribution is -2.23. The van der Waals surface area contributed by atoms with Gasteiger partial charge in [-0.05, 0) is 31.3 Å². The number of hydrogen-bond acceptors (Lipinski definition) is 3. The van der Waals surface area contributed by atoms with Crippen molar-refractivity contribution in [3.8, 4) is 0 Å². The third-order valence-corrected chi connectivity index (χ3v) is 3.29. The Morgan fingerprint density at radius 1 is 1.67 bits per heavy atom. The maximum atomic E-state index is 11.3. The molecule has 0 aliphatic heterocycles. The number of hydrogen-bond donors (Lipinski definition) is 1. The van der Waals surface area contributed by atoms with Gasteiger partial charge in [0.15, 0.2) is 0 Å². The normalized spacial score (nSPS) is 32.7. The molecule has 0 aromatic rings. The van der Waals surface area contributed by atoms with E-state index in [0.717, 1.165) is 18.4 Å². The molecule has 0 radical (unpaired) electrons. The molecule has 3 nitrogen and oxygen atoms in total. The molecule has 2 bridgehead atoms. The van der Waals surface area contributed by atoms with Gasteiger partial charge in [0.1, 0.15) is 6.10 Å². The molecular weight excluding hydrogens is 192 g/mol. The summed E-state index contributed by atoms with van der Waals surface area (Å²) in [6.45, 7) is 5.36. The van der Waals surface area contributed by atoms with Crippen LogP contribution in [0.4, 0.5) is 0 Å². The quantitative estimate of drug-likeness (QED) is 0.433. The van der Waals surface area contributed by atoms with Gasteiger partial charge < -0.3 is 9.84 Å². The summed E-state index contributed by atoms with van der Waals surface area (Å²) in [6.07, 6.45) is 3.93. The first-order valence-corrected chi connectivity index (χ1v) is 5.29. The SMILES string of the molecule is C=C(C)C(=O)OC1CC2CC1C=C2CO. The van der Waals surface area contributed by atoms with E-state index in [-0.39, 0.29) is 18.7 Å². The van der Waals surface area contributed by atoms with Gasteiger partial charge in [0.25, 0.3) is 0 Å². The molecule has 1 saturated carbocycles. The Balaban J connectivity index is 1.97. The van der Waals surface area contributed by atoms with Crippen molar-refractivity contribution in [3.63, 3.8) is 0 Å². The minimum Gasteiger partial charge on any atom is -0.458 e. The van der Waals surface area contributed by atoms with E-state index < -0.39 is 0 Å². The van der Waals surface area contributed by atoms with Crippen LogP contribution in [0.2, 0.25) is 0 Å². The average Bonchev–Trinajstić information content (AvgIpc) is 2.75. The molecule has 0 spiro atoms. The summed E-state index contributed by atoms with van der Waals surface area (Å²) >= 11 is 0. The highest BCUT2D eigenvalue weighted by Gasteiger charge is 2.41. The molecule has 0 aromatic carbocycles. The van der Waals surface area contributed by atoms with Crippen molar-refractivity contribution in [2.45, 2.75) is 25.9 Å². The molecule has 15 heavy (non-hydrogen) atoms. The fourth-order valence-corrected chi connectivity index (χ4v) is 2.48. The Kier molecular flexibility index (Phi) is 2.65. The average molecular weight is 208 g/mol. The van der Waals surface area contributed by atoms with Crippen LogP contribution in [0.25, 0.3) is 0 Å². The van der Waals surface area contributed by atoms with Gasteiger partial charge in [-0.3, -0.25) is 0 Å². The third-order valence-electron chi connectivity index (χ3n) is 3.29. The Labute approximate surface area is 89.4 Å². The van der Waals surface area contributed by atoms with Crippen LogP contribution in [-0.4, -0.2) is 23.8 Å². The maximum Gasteiger partial charge on any atom is 0.333 e. The van der Waals surface area contributed by atoms with Crippen LogP contribution in [0.1, 0.15) is 19.8 Å². The number of rotatable bonds is 3. The summed E-state index contributed by atoms with van der Waals surface area (Å²) in [5, 5.41) is 9.05. The Morgan fingerprint density at radius 2 is 2.40 bits per heavy atom. The smallest absolute Gasteiger partial charge is 0.333 e. The standard InChI is InChI=1S/C12H16O3/c1-7(2)12(14)15-11-5-8-3-9(11)4-10(8)6-13/h4,8-9,11,13H,1,3,5-6H2,2H3. The summed E-state index contributed by atoms with van der Waals surface area (Å²) in [7, 11) is 0. The molecular formula is C12H16O3. The molecule has 0 amide bonds. The van der Waals surface area contributed by atoms with Crippen molar-refractivity contribution in [2.24, 2.45) is 11.8 Å². The highest BCUT2D eigenvalue weighted by Crippen LogP contribution is 2.45. The Bertz CT molecular complexity index is 330. The van der Waals surface area contributed by atoms with Crippen molar-refractivity contribution in [1.82, 2.24) is 0 Å². The van der Waals surface area contributed by atoms with Crippen LogP contribution in [-0.2, 0) is 9.53 Å². The van der Waals surface area contributed by atoms with E-state index >= 15 is 0 Å². The van der Waals surface area contributed by atoms with Gasteiger partial charge in [-0.2, -0.15) is 0 Å². The zero-order valence-corrected chi connectivity index (χ0v) is 8.90. The second-order valence-electron chi connectivity index (χ2n) is 4.46. The zero-order valence-electron chi connectivity index (χ0n) is 8.90. The van der Waals surface area contributed by atoms with Gasteiger partial charge in [0, 0.05) is 11.5 Å². The molecule has 2 aliphatic rings. The van der Waals surface area contributed by atoms with Crippen molar-refractivity contribution in [1.29, 1.82) is 0 Å². The fourth-order valence-electron chi connectivity index (χ4n) is 2.48. The van der Waals surface area contributed by atoms with Gasteiger partial charge >= 0.3 is 5.97 Å². The molecule has 1 fully saturated rings. The third kappa shape index (κ3) is 1.84. The first kappa shape index (κ1) is 10.4. The van der Waals surface area contributed by atoms with Crippen LogP contribution in [0, 0.1) is 11.8 Å². The lowest BCUT2D eigenvalue weighted by molar-refractivity contribution is -0.145. The molecule has 0 heterocycles. The first-order chi connectivity index (χ1) is 7.11. The van der Waals surface area contributed by atoms with Gasteiger partial charge in [-0.1, -0.05) is 12.7 Å². The second kappa shape index (κ2) is 3.81. The Hall–Kier alpha value is -1.09. The highest BCUT2D eigenvalue weighted by atomic mass is 16.5. The molecule has 1 N–H and O–H groups in total. The van der Waals surface area contributed by atoms with Gasteiger partial charge in [0.05, 0.1) is 6.61 Å². The van der Waals surface area contributed by atoms with Crippen molar-refractivity contribution in [2.75, 3.05) is 6.61 Å². The van der Waals surface area contributed by atoms with Crippen molar-refractivity contribution >= 4 is 5.97 Å². The Morgan fingerprint density at radius 3 is 2.87 bits per heavy atom. The van der Waals surface area contributed by atoms with Crippen LogP contribution in [0.5, 0.6) is 0 Å². The molecule has 3 heteroatoms. The van der Waals surface area contributed by atoms with E-state index in [0.29, 0.717) is 17.4 Å². The number of carbonyl (C=O) groups excluding carboxylic acids is 1. The molecule has 2 rings (SSSR count). The van der Waals surface area contributed by atoms with Crippen LogP contribution in [0.3, 0.4) is 0 Å². The minimum atomic E-state index is -0.300. The number of fused-ring (bicyclic) bond motifs is 2. The molecule has 82 valence electrons.